The molecule has 1 saturated carbocycles. The van der Waals surface area contributed by atoms with Crippen LogP contribution in [0.3, 0.4) is 0 Å². The fraction of sp³-hybridized carbons (Fsp3) is 0.368. The predicted molar refractivity (Wildman–Crippen MR) is 101 cm³/mol. The summed E-state index contributed by atoms with van der Waals surface area (Å²) >= 11 is 0. The van der Waals surface area contributed by atoms with Crippen molar-refractivity contribution in [3.05, 3.63) is 36.8 Å². The number of piperazine rings is 1. The van der Waals surface area contributed by atoms with Crippen LogP contribution < -0.4 is 10.2 Å². The molecule has 1 saturated heterocycles. The smallest absolute Gasteiger partial charge is 0.245 e. The molecular weight excluding hydrogens is 342 g/mol. The van der Waals surface area contributed by atoms with Gasteiger partial charge in [0.05, 0.1) is 12.4 Å². The Morgan fingerprint density at radius 3 is 2.74 bits per heavy atom. The van der Waals surface area contributed by atoms with Crippen LogP contribution in [0.25, 0.3) is 22.4 Å². The van der Waals surface area contributed by atoms with Crippen LogP contribution in [-0.2, 0) is 0 Å². The number of phenols is 1. The third kappa shape index (κ3) is 3.23. The van der Waals surface area contributed by atoms with Crippen LogP contribution in [0.4, 0.5) is 5.95 Å². The fourth-order valence-corrected chi connectivity index (χ4v) is 3.65. The lowest BCUT2D eigenvalue weighted by Gasteiger charge is -2.33. The molecule has 0 bridgehead atoms. The number of phenolic OH excluding ortho intramolecular Hbond substituents is 1. The number of nitrogens with one attached hydrogen (secondary N) is 2. The number of aromatic amines is 1. The molecule has 2 aliphatic rings. The Morgan fingerprint density at radius 2 is 2.04 bits per heavy atom. The van der Waals surface area contributed by atoms with E-state index < -0.39 is 0 Å². The maximum atomic E-state index is 10.4. The van der Waals surface area contributed by atoms with Crippen molar-refractivity contribution in [1.29, 1.82) is 0 Å². The Morgan fingerprint density at radius 1 is 1.11 bits per heavy atom. The highest BCUT2D eigenvalue weighted by atomic mass is 16.3. The molecule has 27 heavy (non-hydrogen) atoms. The molecule has 0 unspecified atom stereocenters. The Bertz CT molecular complexity index is 922. The van der Waals surface area contributed by atoms with E-state index in [0.717, 1.165) is 36.7 Å². The number of benzene rings is 1. The van der Waals surface area contributed by atoms with Gasteiger partial charge >= 0.3 is 0 Å². The summed E-state index contributed by atoms with van der Waals surface area (Å²) in [6.07, 6.45) is 7.82. The molecule has 2 aromatic heterocycles. The number of hydrogen-bond acceptors (Lipinski definition) is 7. The van der Waals surface area contributed by atoms with E-state index in [-0.39, 0.29) is 5.75 Å². The van der Waals surface area contributed by atoms with Crippen LogP contribution in [-0.4, -0.2) is 56.2 Å². The Labute approximate surface area is 156 Å². The van der Waals surface area contributed by atoms with Gasteiger partial charge in [-0.25, -0.2) is 4.98 Å². The molecular formula is C19H21N7O. The zero-order valence-corrected chi connectivity index (χ0v) is 14.8. The molecule has 8 heteroatoms. The van der Waals surface area contributed by atoms with Crippen molar-refractivity contribution < 1.29 is 5.11 Å². The first-order valence-electron chi connectivity index (χ1n) is 9.28. The normalized spacial score (nSPS) is 20.0. The molecule has 138 valence electrons. The quantitative estimate of drug-likeness (QED) is 0.650. The van der Waals surface area contributed by atoms with Gasteiger partial charge < -0.3 is 15.3 Å². The molecule has 1 aromatic carbocycles. The number of rotatable bonds is 4. The summed E-state index contributed by atoms with van der Waals surface area (Å²) in [5.41, 5.74) is 2.98. The number of H-pyrrole nitrogens is 1. The molecule has 3 N–H and O–H groups in total. The lowest BCUT2D eigenvalue weighted by atomic mass is 10.0. The van der Waals surface area contributed by atoms with E-state index in [0.29, 0.717) is 23.2 Å². The SMILES string of the molecule is Oc1cc(-c2cn[nH]c2)ccc1-c1cnc(N2CCN[C@H](C3CC3)C2)nn1. The van der Waals surface area contributed by atoms with Crippen LogP contribution in [0, 0.1) is 5.92 Å². The Hall–Kier alpha value is -3.00. The van der Waals surface area contributed by atoms with Crippen molar-refractivity contribution in [2.24, 2.45) is 5.92 Å². The van der Waals surface area contributed by atoms with Gasteiger partial charge in [-0.1, -0.05) is 6.07 Å². The average Bonchev–Trinajstić information content (AvgIpc) is 3.42. The second-order valence-electron chi connectivity index (χ2n) is 7.21. The van der Waals surface area contributed by atoms with Gasteiger partial charge in [-0.2, -0.15) is 5.10 Å². The van der Waals surface area contributed by atoms with Crippen LogP contribution in [0.2, 0.25) is 0 Å². The van der Waals surface area contributed by atoms with Gasteiger partial charge in [-0.05, 0) is 36.5 Å². The topological polar surface area (TPSA) is 103 Å². The third-order valence-corrected chi connectivity index (χ3v) is 5.33. The number of aromatic hydroxyl groups is 1. The maximum Gasteiger partial charge on any atom is 0.245 e. The predicted octanol–water partition coefficient (Wildman–Crippen LogP) is 1.82. The number of aromatic nitrogens is 5. The van der Waals surface area contributed by atoms with Crippen LogP contribution in [0.1, 0.15) is 12.8 Å². The van der Waals surface area contributed by atoms with E-state index >= 15 is 0 Å². The average molecular weight is 363 g/mol. The Kier molecular flexibility index (Phi) is 3.97. The monoisotopic (exact) mass is 363 g/mol. The number of hydrogen-bond donors (Lipinski definition) is 3. The summed E-state index contributed by atoms with van der Waals surface area (Å²) in [4.78, 5) is 6.70. The second-order valence-corrected chi connectivity index (χ2v) is 7.21. The summed E-state index contributed by atoms with van der Waals surface area (Å²) in [5, 5.41) is 29.3. The minimum Gasteiger partial charge on any atom is -0.507 e. The molecule has 1 atom stereocenters. The molecule has 3 aromatic rings. The van der Waals surface area contributed by atoms with Crippen molar-refractivity contribution >= 4 is 5.95 Å². The molecule has 0 radical (unpaired) electrons. The van der Waals surface area contributed by atoms with Crippen molar-refractivity contribution in [3.63, 3.8) is 0 Å². The lowest BCUT2D eigenvalue weighted by Crippen LogP contribution is -2.52. The number of anilines is 1. The highest BCUT2D eigenvalue weighted by Gasteiger charge is 2.34. The van der Waals surface area contributed by atoms with E-state index in [1.807, 2.05) is 12.1 Å². The molecule has 0 amide bonds. The van der Waals surface area contributed by atoms with Gasteiger partial charge in [0.15, 0.2) is 0 Å². The third-order valence-electron chi connectivity index (χ3n) is 5.33. The lowest BCUT2D eigenvalue weighted by molar-refractivity contribution is 0.414. The first kappa shape index (κ1) is 16.2. The van der Waals surface area contributed by atoms with Crippen molar-refractivity contribution in [1.82, 2.24) is 30.7 Å². The summed E-state index contributed by atoms with van der Waals surface area (Å²) in [6.45, 7) is 2.76. The van der Waals surface area contributed by atoms with Crippen LogP contribution in [0.5, 0.6) is 5.75 Å². The van der Waals surface area contributed by atoms with E-state index in [4.69, 9.17) is 0 Å². The molecule has 3 heterocycles. The van der Waals surface area contributed by atoms with Gasteiger partial charge in [-0.15, -0.1) is 10.2 Å². The van der Waals surface area contributed by atoms with Crippen LogP contribution in [0.15, 0.2) is 36.8 Å². The standard InChI is InChI=1S/C19H21N7O/c27-18-7-13(14-8-22-23-9-14)3-4-15(18)16-10-21-19(25-24-16)26-6-5-20-17(11-26)12-1-2-12/h3-4,7-10,12,17,20,27H,1-2,5-6,11H2,(H,22,23)/t17-/m0/s1. The fourth-order valence-electron chi connectivity index (χ4n) is 3.65. The molecule has 0 spiro atoms. The zero-order valence-electron chi connectivity index (χ0n) is 14.8. The zero-order chi connectivity index (χ0) is 18.2. The van der Waals surface area contributed by atoms with Gasteiger partial charge in [0, 0.05) is 43.0 Å². The first-order chi connectivity index (χ1) is 13.3. The summed E-state index contributed by atoms with van der Waals surface area (Å²) in [5.74, 6) is 1.60. The van der Waals surface area contributed by atoms with Crippen molar-refractivity contribution in [2.45, 2.75) is 18.9 Å². The van der Waals surface area contributed by atoms with E-state index in [1.54, 1.807) is 24.7 Å². The Balaban J connectivity index is 1.35. The summed E-state index contributed by atoms with van der Waals surface area (Å²) in [6, 6.07) is 5.98. The molecule has 2 fully saturated rings. The van der Waals surface area contributed by atoms with E-state index in [2.05, 4.69) is 35.6 Å². The van der Waals surface area contributed by atoms with E-state index in [9.17, 15) is 5.11 Å². The first-order valence-corrected chi connectivity index (χ1v) is 9.28. The maximum absolute atomic E-state index is 10.4. The van der Waals surface area contributed by atoms with Crippen LogP contribution >= 0.6 is 0 Å². The largest absolute Gasteiger partial charge is 0.507 e. The van der Waals surface area contributed by atoms with Gasteiger partial charge in [0.1, 0.15) is 11.4 Å². The summed E-state index contributed by atoms with van der Waals surface area (Å²) < 4.78 is 0. The molecule has 1 aliphatic heterocycles. The minimum atomic E-state index is 0.147. The number of nitrogens with zero attached hydrogens (tertiary/aromatic N) is 5. The molecule has 8 nitrogen and oxygen atoms in total. The van der Waals surface area contributed by atoms with Gasteiger partial charge in [0.25, 0.3) is 0 Å². The highest BCUT2D eigenvalue weighted by molar-refractivity contribution is 5.73. The second kappa shape index (κ2) is 6.62. The minimum absolute atomic E-state index is 0.147. The molecule has 1 aliphatic carbocycles. The molecule has 5 rings (SSSR count). The van der Waals surface area contributed by atoms with Crippen molar-refractivity contribution in [3.8, 4) is 28.1 Å². The van der Waals surface area contributed by atoms with E-state index in [1.165, 1.54) is 12.8 Å². The van der Waals surface area contributed by atoms with Gasteiger partial charge in [0.2, 0.25) is 5.95 Å². The highest BCUT2D eigenvalue weighted by Crippen LogP contribution is 2.34. The van der Waals surface area contributed by atoms with Gasteiger partial charge in [-0.3, -0.25) is 5.10 Å². The summed E-state index contributed by atoms with van der Waals surface area (Å²) in [7, 11) is 0. The van der Waals surface area contributed by atoms with Crippen molar-refractivity contribution in [2.75, 3.05) is 24.5 Å².